The SMILES string of the molecule is CCCCCn1c2c(c(=O)n3c(CCCc4nc(-c5cnccn5)no4)nnc13)CC(Br)=N2.O=C(O)C(F)(F)F. The minimum Gasteiger partial charge on any atom is -0.475 e. The van der Waals surface area contributed by atoms with Crippen molar-refractivity contribution in [2.45, 2.75) is 64.6 Å². The zero-order valence-corrected chi connectivity index (χ0v) is 22.7. The van der Waals surface area contributed by atoms with Crippen LogP contribution in [0.1, 0.15) is 49.9 Å². The third-order valence-electron chi connectivity index (χ3n) is 5.77. The molecule has 5 heterocycles. The van der Waals surface area contributed by atoms with E-state index in [4.69, 9.17) is 14.4 Å². The van der Waals surface area contributed by atoms with Gasteiger partial charge in [-0.1, -0.05) is 24.9 Å². The Hall–Kier alpha value is -4.02. The van der Waals surface area contributed by atoms with Crippen LogP contribution in [-0.4, -0.2) is 61.1 Å². The lowest BCUT2D eigenvalue weighted by atomic mass is 10.2. The summed E-state index contributed by atoms with van der Waals surface area (Å²) < 4.78 is 41.5. The first-order chi connectivity index (χ1) is 19.1. The number of aryl methyl sites for hydroxylation is 3. The third-order valence-corrected chi connectivity index (χ3v) is 6.23. The van der Waals surface area contributed by atoms with E-state index in [1.165, 1.54) is 0 Å². The van der Waals surface area contributed by atoms with Gasteiger partial charge in [0, 0.05) is 38.2 Å². The molecule has 17 heteroatoms. The van der Waals surface area contributed by atoms with Gasteiger partial charge < -0.3 is 9.63 Å². The second kappa shape index (κ2) is 12.4. The summed E-state index contributed by atoms with van der Waals surface area (Å²) >= 11 is 3.46. The number of aliphatic imine (C=N–C) groups is 1. The van der Waals surface area contributed by atoms with Crippen LogP contribution in [-0.2, 0) is 30.6 Å². The van der Waals surface area contributed by atoms with Crippen molar-refractivity contribution in [3.8, 4) is 11.5 Å². The maximum atomic E-state index is 13.2. The lowest BCUT2D eigenvalue weighted by molar-refractivity contribution is -0.192. The van der Waals surface area contributed by atoms with E-state index in [1.807, 2.05) is 4.57 Å². The number of carbonyl (C=O) groups is 1. The average molecular weight is 626 g/mol. The fourth-order valence-corrected chi connectivity index (χ4v) is 4.37. The zero-order valence-electron chi connectivity index (χ0n) is 21.1. The van der Waals surface area contributed by atoms with E-state index in [-0.39, 0.29) is 5.56 Å². The minimum atomic E-state index is -5.08. The van der Waals surface area contributed by atoms with Crippen molar-refractivity contribution < 1.29 is 27.6 Å². The fraction of sp³-hybridized carbons (Fsp3) is 0.435. The molecule has 0 spiro atoms. The normalized spacial score (nSPS) is 12.7. The van der Waals surface area contributed by atoms with Crippen LogP contribution in [0.15, 0.2) is 32.9 Å². The van der Waals surface area contributed by atoms with E-state index in [1.54, 1.807) is 23.0 Å². The van der Waals surface area contributed by atoms with Crippen LogP contribution in [0.3, 0.4) is 0 Å². The molecule has 0 fully saturated rings. The van der Waals surface area contributed by atoms with Crippen LogP contribution >= 0.6 is 15.9 Å². The maximum absolute atomic E-state index is 13.2. The van der Waals surface area contributed by atoms with Crippen LogP contribution in [0.2, 0.25) is 0 Å². The second-order valence-corrected chi connectivity index (χ2v) is 9.56. The predicted molar refractivity (Wildman–Crippen MR) is 138 cm³/mol. The van der Waals surface area contributed by atoms with Crippen molar-refractivity contribution in [3.63, 3.8) is 0 Å². The first kappa shape index (κ1) is 29.0. The molecule has 0 atom stereocenters. The van der Waals surface area contributed by atoms with E-state index >= 15 is 0 Å². The molecule has 0 radical (unpaired) electrons. The number of rotatable bonds is 9. The monoisotopic (exact) mass is 625 g/mol. The van der Waals surface area contributed by atoms with Crippen LogP contribution in [0.5, 0.6) is 0 Å². The van der Waals surface area contributed by atoms with Gasteiger partial charge in [-0.3, -0.25) is 14.3 Å². The average Bonchev–Trinajstić information content (AvgIpc) is 3.65. The van der Waals surface area contributed by atoms with Crippen LogP contribution < -0.4 is 5.56 Å². The van der Waals surface area contributed by atoms with Crippen molar-refractivity contribution in [2.24, 2.45) is 4.99 Å². The Morgan fingerprint density at radius 1 is 1.18 bits per heavy atom. The van der Waals surface area contributed by atoms with Gasteiger partial charge in [0.2, 0.25) is 17.5 Å². The smallest absolute Gasteiger partial charge is 0.475 e. The highest BCUT2D eigenvalue weighted by molar-refractivity contribution is 9.18. The number of aromatic nitrogens is 8. The lowest BCUT2D eigenvalue weighted by Crippen LogP contribution is -2.23. The second-order valence-electron chi connectivity index (χ2n) is 8.64. The number of unbranched alkanes of at least 4 members (excludes halogenated alkanes) is 2. The number of nitrogens with zero attached hydrogens (tertiary/aromatic N) is 9. The van der Waals surface area contributed by atoms with Gasteiger partial charge in [0.05, 0.1) is 16.4 Å². The summed E-state index contributed by atoms with van der Waals surface area (Å²) in [7, 11) is 0. The van der Waals surface area contributed by atoms with Gasteiger partial charge in [0.25, 0.3) is 5.56 Å². The molecule has 13 nitrogen and oxygen atoms in total. The molecule has 212 valence electrons. The largest absolute Gasteiger partial charge is 0.490 e. The van der Waals surface area contributed by atoms with Gasteiger partial charge >= 0.3 is 12.1 Å². The molecule has 40 heavy (non-hydrogen) atoms. The summed E-state index contributed by atoms with van der Waals surface area (Å²) in [4.78, 5) is 39.3. The number of carboxylic acids is 1. The Labute approximate surface area is 232 Å². The molecule has 5 rings (SSSR count). The Bertz CT molecular complexity index is 1580. The number of aliphatic carboxylic acids is 1. The summed E-state index contributed by atoms with van der Waals surface area (Å²) in [5.41, 5.74) is 1.13. The Morgan fingerprint density at radius 3 is 2.62 bits per heavy atom. The van der Waals surface area contributed by atoms with Gasteiger partial charge in [-0.05, 0) is 28.8 Å². The standard InChI is InChI=1S/C21H22BrN9O2.C2HF3O2/c1-2-3-4-10-30-19-13(11-15(22)25-19)20(32)31-16(27-28-21(30)31)6-5-7-17-26-18(29-33-17)14-12-23-8-9-24-14;3-2(4,5)1(6)7/h8-9,12H,2-7,10-11H2,1H3;(H,6,7). The highest BCUT2D eigenvalue weighted by Gasteiger charge is 2.38. The van der Waals surface area contributed by atoms with Gasteiger partial charge in [-0.2, -0.15) is 18.2 Å². The molecule has 0 aliphatic carbocycles. The summed E-state index contributed by atoms with van der Waals surface area (Å²) in [6.45, 7) is 2.91. The number of fused-ring (bicyclic) bond motifs is 2. The van der Waals surface area contributed by atoms with E-state index < -0.39 is 12.1 Å². The van der Waals surface area contributed by atoms with Gasteiger partial charge in [0.1, 0.15) is 17.3 Å². The van der Waals surface area contributed by atoms with E-state index in [0.29, 0.717) is 66.1 Å². The van der Waals surface area contributed by atoms with E-state index in [9.17, 15) is 18.0 Å². The highest BCUT2D eigenvalue weighted by atomic mass is 79.9. The van der Waals surface area contributed by atoms with Crippen molar-refractivity contribution in [1.82, 2.24) is 39.3 Å². The molecule has 1 N–H and O–H groups in total. The Balaban J connectivity index is 0.000000470. The molecular formula is C23H23BrF3N9O4. The minimum absolute atomic E-state index is 0.104. The van der Waals surface area contributed by atoms with Crippen molar-refractivity contribution >= 4 is 38.1 Å². The van der Waals surface area contributed by atoms with Crippen molar-refractivity contribution in [3.05, 3.63) is 46.2 Å². The summed E-state index contributed by atoms with van der Waals surface area (Å²) in [5, 5.41) is 19.8. The van der Waals surface area contributed by atoms with Crippen LogP contribution in [0, 0.1) is 0 Å². The molecule has 0 amide bonds. The van der Waals surface area contributed by atoms with Crippen LogP contribution in [0.25, 0.3) is 17.3 Å². The van der Waals surface area contributed by atoms with Gasteiger partial charge in [-0.25, -0.2) is 19.2 Å². The quantitative estimate of drug-likeness (QED) is 0.271. The third kappa shape index (κ3) is 6.57. The molecule has 4 aromatic heterocycles. The molecule has 0 saturated heterocycles. The molecule has 1 aliphatic heterocycles. The van der Waals surface area contributed by atoms with Crippen LogP contribution in [0.4, 0.5) is 19.0 Å². The molecule has 0 saturated carbocycles. The number of hydrogen-bond donors (Lipinski definition) is 1. The summed E-state index contributed by atoms with van der Waals surface area (Å²) in [6, 6.07) is 0. The highest BCUT2D eigenvalue weighted by Crippen LogP contribution is 2.28. The van der Waals surface area contributed by atoms with Gasteiger partial charge in [0.15, 0.2) is 0 Å². The number of halogens is 4. The first-order valence-corrected chi connectivity index (χ1v) is 13.0. The summed E-state index contributed by atoms with van der Waals surface area (Å²) in [6.07, 6.45) is 5.13. The van der Waals surface area contributed by atoms with Crippen molar-refractivity contribution in [1.29, 1.82) is 0 Å². The molecule has 0 bridgehead atoms. The first-order valence-electron chi connectivity index (χ1n) is 12.2. The van der Waals surface area contributed by atoms with Crippen molar-refractivity contribution in [2.75, 3.05) is 0 Å². The maximum Gasteiger partial charge on any atom is 0.490 e. The molecule has 4 aromatic rings. The molecule has 0 aromatic carbocycles. The Kier molecular flexibility index (Phi) is 9.01. The zero-order chi connectivity index (χ0) is 28.9. The van der Waals surface area contributed by atoms with Gasteiger partial charge in [-0.15, -0.1) is 10.2 Å². The lowest BCUT2D eigenvalue weighted by Gasteiger charge is -2.12. The number of alkyl halides is 3. The molecule has 1 aliphatic rings. The number of carboxylic acid groups (broad SMARTS) is 1. The van der Waals surface area contributed by atoms with E-state index in [2.05, 4.69) is 58.2 Å². The molecular weight excluding hydrogens is 603 g/mol. The predicted octanol–water partition coefficient (Wildman–Crippen LogP) is 3.71. The number of hydrogen-bond acceptors (Lipinski definition) is 10. The molecule has 0 unspecified atom stereocenters. The van der Waals surface area contributed by atoms with E-state index in [0.717, 1.165) is 30.4 Å². The Morgan fingerprint density at radius 2 is 1.95 bits per heavy atom. The topological polar surface area (TPSA) is 167 Å². The summed E-state index contributed by atoms with van der Waals surface area (Å²) in [5.74, 6) is 0.00314. The fourth-order valence-electron chi connectivity index (χ4n) is 3.92.